The highest BCUT2D eigenvalue weighted by molar-refractivity contribution is 8.13. The molecule has 1 rings (SSSR count). The van der Waals surface area contributed by atoms with Crippen LogP contribution in [-0.4, -0.2) is 8.42 Å². The van der Waals surface area contributed by atoms with E-state index in [1.807, 2.05) is 0 Å². The standard InChI is InChI=1S/C8H6ClFN2O2S/c9-15(13,14)8-6(4-12)1-5(3-11)2-7(8)10/h1-2H,3,11H2. The summed E-state index contributed by atoms with van der Waals surface area (Å²) >= 11 is 0. The third-order valence-electron chi connectivity index (χ3n) is 1.70. The van der Waals surface area contributed by atoms with Gasteiger partial charge in [0.2, 0.25) is 0 Å². The van der Waals surface area contributed by atoms with Crippen LogP contribution in [0.3, 0.4) is 0 Å². The van der Waals surface area contributed by atoms with E-state index in [-0.39, 0.29) is 12.1 Å². The Morgan fingerprint density at radius 3 is 2.53 bits per heavy atom. The number of rotatable bonds is 2. The molecular formula is C8H6ClFN2O2S. The summed E-state index contributed by atoms with van der Waals surface area (Å²) in [4.78, 5) is -0.802. The molecule has 0 unspecified atom stereocenters. The Kier molecular flexibility index (Phi) is 3.29. The fourth-order valence-corrected chi connectivity index (χ4v) is 2.23. The summed E-state index contributed by atoms with van der Waals surface area (Å²) in [7, 11) is 0.726. The van der Waals surface area contributed by atoms with E-state index >= 15 is 0 Å². The van der Waals surface area contributed by atoms with Crippen molar-refractivity contribution in [2.75, 3.05) is 0 Å². The first-order chi connectivity index (χ1) is 6.90. The van der Waals surface area contributed by atoms with Crippen LogP contribution >= 0.6 is 10.7 Å². The lowest BCUT2D eigenvalue weighted by molar-refractivity contribution is 0.573. The van der Waals surface area contributed by atoms with Gasteiger partial charge in [0.25, 0.3) is 9.05 Å². The Hall–Kier alpha value is -1.16. The molecule has 0 atom stereocenters. The summed E-state index contributed by atoms with van der Waals surface area (Å²) < 4.78 is 35.3. The summed E-state index contributed by atoms with van der Waals surface area (Å²) in [6.45, 7) is 0.00815. The molecule has 2 N–H and O–H groups in total. The summed E-state index contributed by atoms with van der Waals surface area (Å²) in [5, 5.41) is 8.65. The van der Waals surface area contributed by atoms with Crippen LogP contribution in [0.25, 0.3) is 0 Å². The van der Waals surface area contributed by atoms with Gasteiger partial charge in [-0.3, -0.25) is 0 Å². The monoisotopic (exact) mass is 248 g/mol. The van der Waals surface area contributed by atoms with Gasteiger partial charge < -0.3 is 5.73 Å². The fourth-order valence-electron chi connectivity index (χ4n) is 1.10. The van der Waals surface area contributed by atoms with Crippen LogP contribution in [0.1, 0.15) is 11.1 Å². The maximum absolute atomic E-state index is 13.3. The number of nitrogens with two attached hydrogens (primary N) is 1. The number of nitrogens with zero attached hydrogens (tertiary/aromatic N) is 1. The van der Waals surface area contributed by atoms with Gasteiger partial charge in [-0.25, -0.2) is 12.8 Å². The van der Waals surface area contributed by atoms with Gasteiger partial charge in [0.15, 0.2) is 0 Å². The quantitative estimate of drug-likeness (QED) is 0.794. The predicted octanol–water partition coefficient (Wildman–Crippen LogP) is 1.08. The molecule has 0 saturated heterocycles. The van der Waals surface area contributed by atoms with Crippen LogP contribution in [-0.2, 0) is 15.6 Å². The van der Waals surface area contributed by atoms with Crippen LogP contribution in [0.15, 0.2) is 17.0 Å². The van der Waals surface area contributed by atoms with Crippen LogP contribution in [0, 0.1) is 17.1 Å². The maximum Gasteiger partial charge on any atom is 0.265 e. The number of hydrogen-bond donors (Lipinski definition) is 1. The van der Waals surface area contributed by atoms with Crippen molar-refractivity contribution >= 4 is 19.7 Å². The van der Waals surface area contributed by atoms with Crippen molar-refractivity contribution in [2.24, 2.45) is 5.73 Å². The average Bonchev–Trinajstić information content (AvgIpc) is 2.14. The second-order valence-corrected chi connectivity index (χ2v) is 5.21. The zero-order valence-corrected chi connectivity index (χ0v) is 8.94. The summed E-state index contributed by atoms with van der Waals surface area (Å²) in [5.74, 6) is -1.07. The second-order valence-electron chi connectivity index (χ2n) is 2.71. The lowest BCUT2D eigenvalue weighted by Crippen LogP contribution is -2.04. The highest BCUT2D eigenvalue weighted by atomic mass is 35.7. The van der Waals surface area contributed by atoms with Gasteiger partial charge in [0.05, 0.1) is 5.56 Å². The van der Waals surface area contributed by atoms with Gasteiger partial charge in [-0.2, -0.15) is 5.26 Å². The molecular weight excluding hydrogens is 243 g/mol. The molecule has 1 aromatic carbocycles. The van der Waals surface area contributed by atoms with E-state index in [0.717, 1.165) is 6.07 Å². The molecule has 4 nitrogen and oxygen atoms in total. The van der Waals surface area contributed by atoms with Gasteiger partial charge in [0.1, 0.15) is 16.8 Å². The zero-order valence-electron chi connectivity index (χ0n) is 7.37. The molecule has 0 aliphatic rings. The zero-order chi connectivity index (χ0) is 11.6. The summed E-state index contributed by atoms with van der Waals surface area (Å²) in [5.41, 5.74) is 5.23. The molecule has 0 amide bonds. The molecule has 0 saturated carbocycles. The lowest BCUT2D eigenvalue weighted by Gasteiger charge is -2.04. The Balaban J connectivity index is 3.61. The molecule has 0 fully saturated rings. The average molecular weight is 249 g/mol. The van der Waals surface area contributed by atoms with E-state index in [4.69, 9.17) is 21.7 Å². The van der Waals surface area contributed by atoms with E-state index < -0.39 is 19.8 Å². The summed E-state index contributed by atoms with van der Waals surface area (Å²) in [6, 6.07) is 3.69. The van der Waals surface area contributed by atoms with Crippen molar-refractivity contribution in [1.82, 2.24) is 0 Å². The highest BCUT2D eigenvalue weighted by Gasteiger charge is 2.21. The van der Waals surface area contributed by atoms with Gasteiger partial charge >= 0.3 is 0 Å². The molecule has 1 aromatic rings. The third kappa shape index (κ3) is 2.45. The van der Waals surface area contributed by atoms with E-state index in [1.54, 1.807) is 6.07 Å². The van der Waals surface area contributed by atoms with Crippen LogP contribution < -0.4 is 5.73 Å². The SMILES string of the molecule is N#Cc1cc(CN)cc(F)c1S(=O)(=O)Cl. The first-order valence-corrected chi connectivity index (χ1v) is 6.08. The molecule has 0 aliphatic heterocycles. The van der Waals surface area contributed by atoms with Crippen LogP contribution in [0.4, 0.5) is 4.39 Å². The van der Waals surface area contributed by atoms with Crippen LogP contribution in [0.2, 0.25) is 0 Å². The Labute approximate surface area is 90.5 Å². The molecule has 80 valence electrons. The van der Waals surface area contributed by atoms with Crippen molar-refractivity contribution < 1.29 is 12.8 Å². The van der Waals surface area contributed by atoms with Crippen molar-refractivity contribution in [3.63, 3.8) is 0 Å². The smallest absolute Gasteiger partial charge is 0.265 e. The minimum atomic E-state index is -4.27. The van der Waals surface area contributed by atoms with Gasteiger partial charge in [-0.05, 0) is 17.7 Å². The topological polar surface area (TPSA) is 83.9 Å². The Morgan fingerprint density at radius 1 is 1.53 bits per heavy atom. The first-order valence-electron chi connectivity index (χ1n) is 3.77. The molecule has 0 aromatic heterocycles. The van der Waals surface area contributed by atoms with Crippen molar-refractivity contribution in [2.45, 2.75) is 11.4 Å². The van der Waals surface area contributed by atoms with Crippen LogP contribution in [0.5, 0.6) is 0 Å². The van der Waals surface area contributed by atoms with Crippen molar-refractivity contribution in [1.29, 1.82) is 5.26 Å². The molecule has 0 heterocycles. The molecule has 15 heavy (non-hydrogen) atoms. The van der Waals surface area contributed by atoms with Gasteiger partial charge in [-0.1, -0.05) is 0 Å². The Bertz CT molecular complexity index is 536. The lowest BCUT2D eigenvalue weighted by atomic mass is 10.1. The van der Waals surface area contributed by atoms with Gasteiger partial charge in [0, 0.05) is 17.2 Å². The van der Waals surface area contributed by atoms with Crippen molar-refractivity contribution in [3.8, 4) is 6.07 Å². The minimum Gasteiger partial charge on any atom is -0.326 e. The minimum absolute atomic E-state index is 0.00815. The number of halogens is 2. The van der Waals surface area contributed by atoms with E-state index in [1.165, 1.54) is 6.07 Å². The second kappa shape index (κ2) is 4.14. The molecule has 0 bridgehead atoms. The molecule has 0 spiro atoms. The van der Waals surface area contributed by atoms with E-state index in [9.17, 15) is 12.8 Å². The number of benzene rings is 1. The Morgan fingerprint density at radius 2 is 2.13 bits per heavy atom. The maximum atomic E-state index is 13.3. The predicted molar refractivity (Wildman–Crippen MR) is 52.0 cm³/mol. The van der Waals surface area contributed by atoms with Gasteiger partial charge in [-0.15, -0.1) is 0 Å². The van der Waals surface area contributed by atoms with E-state index in [2.05, 4.69) is 0 Å². The van der Waals surface area contributed by atoms with Crippen molar-refractivity contribution in [3.05, 3.63) is 29.1 Å². The third-order valence-corrected chi connectivity index (χ3v) is 3.07. The molecule has 7 heteroatoms. The molecule has 0 radical (unpaired) electrons. The summed E-state index contributed by atoms with van der Waals surface area (Å²) in [6.07, 6.45) is 0. The fraction of sp³-hybridized carbons (Fsp3) is 0.125. The molecule has 0 aliphatic carbocycles. The number of nitriles is 1. The highest BCUT2D eigenvalue weighted by Crippen LogP contribution is 2.24. The first kappa shape index (κ1) is 11.9. The largest absolute Gasteiger partial charge is 0.326 e. The van der Waals surface area contributed by atoms with E-state index in [0.29, 0.717) is 5.56 Å². The normalized spacial score (nSPS) is 11.1. The number of hydrogen-bond acceptors (Lipinski definition) is 4.